The Morgan fingerprint density at radius 1 is 0.513 bits per heavy atom. The van der Waals surface area contributed by atoms with Crippen molar-refractivity contribution < 1.29 is 39.4 Å². The van der Waals surface area contributed by atoms with Gasteiger partial charge in [0.1, 0.15) is 24.9 Å². The Morgan fingerprint density at radius 3 is 1.23 bits per heavy atom. The first-order valence-electron chi connectivity index (χ1n) is 16.0. The monoisotopic (exact) mass is 562 g/mol. The molecule has 3 atom stereocenters. The van der Waals surface area contributed by atoms with Gasteiger partial charge >= 0.3 is 5.97 Å². The maximum atomic E-state index is 11.8. The van der Waals surface area contributed by atoms with E-state index >= 15 is 0 Å². The smallest absolute Gasteiger partial charge is 0.305 e. The molecule has 8 heteroatoms. The highest BCUT2D eigenvalue weighted by molar-refractivity contribution is 5.69. The Morgan fingerprint density at radius 2 is 0.846 bits per heavy atom. The second-order valence-corrected chi connectivity index (χ2v) is 11.0. The van der Waals surface area contributed by atoms with Gasteiger partial charge in [-0.25, -0.2) is 0 Å². The molecule has 0 aliphatic heterocycles. The summed E-state index contributed by atoms with van der Waals surface area (Å²) in [5, 5.41) is 37.4. The molecule has 0 heterocycles. The zero-order valence-electron chi connectivity index (χ0n) is 25.0. The molecule has 0 aliphatic rings. The van der Waals surface area contributed by atoms with Crippen LogP contribution in [0, 0.1) is 0 Å². The predicted molar refractivity (Wildman–Crippen MR) is 156 cm³/mol. The molecule has 0 rings (SSSR count). The molecule has 0 fully saturated rings. The molecule has 4 N–H and O–H groups in total. The highest BCUT2D eigenvalue weighted by Crippen LogP contribution is 2.15. The first-order chi connectivity index (χ1) is 19.0. The lowest BCUT2D eigenvalue weighted by molar-refractivity contribution is -0.148. The number of esters is 1. The molecule has 0 saturated carbocycles. The molecule has 0 spiro atoms. The Kier molecular flexibility index (Phi) is 29.6. The van der Waals surface area contributed by atoms with Crippen LogP contribution in [0.4, 0.5) is 0 Å². The second-order valence-electron chi connectivity index (χ2n) is 11.0. The Bertz CT molecular complexity index is 505. The van der Waals surface area contributed by atoms with E-state index in [1.54, 1.807) is 0 Å². The first-order valence-corrected chi connectivity index (χ1v) is 16.0. The fraction of sp³-hybridized carbons (Fsp3) is 0.968. The fourth-order valence-electron chi connectivity index (χ4n) is 4.44. The molecule has 0 aliphatic carbocycles. The summed E-state index contributed by atoms with van der Waals surface area (Å²) in [7, 11) is 0. The number of aliphatic hydroxyl groups excluding tert-OH is 4. The molecule has 0 radical (unpaired) electrons. The van der Waals surface area contributed by atoms with Crippen molar-refractivity contribution >= 4 is 5.97 Å². The number of carbonyl (C=O) groups excluding carboxylic acids is 1. The maximum Gasteiger partial charge on any atom is 0.305 e. The molecule has 0 saturated heterocycles. The minimum absolute atomic E-state index is 0.0540. The van der Waals surface area contributed by atoms with E-state index in [0.717, 1.165) is 19.3 Å². The van der Waals surface area contributed by atoms with Crippen LogP contribution in [0.2, 0.25) is 0 Å². The summed E-state index contributed by atoms with van der Waals surface area (Å²) in [6.07, 6.45) is 22.5. The van der Waals surface area contributed by atoms with E-state index in [2.05, 4.69) is 6.92 Å². The van der Waals surface area contributed by atoms with Crippen LogP contribution >= 0.6 is 0 Å². The lowest BCUT2D eigenvalue weighted by atomic mass is 10.0. The van der Waals surface area contributed by atoms with Crippen molar-refractivity contribution in [1.29, 1.82) is 0 Å². The molecule has 3 unspecified atom stereocenters. The summed E-state index contributed by atoms with van der Waals surface area (Å²) < 4.78 is 15.3. The van der Waals surface area contributed by atoms with Crippen molar-refractivity contribution in [1.82, 2.24) is 0 Å². The van der Waals surface area contributed by atoms with E-state index in [9.17, 15) is 15.0 Å². The highest BCUT2D eigenvalue weighted by Gasteiger charge is 2.12. The Hall–Kier alpha value is -0.770. The number of aliphatic hydroxyl groups is 4. The molecule has 0 aromatic heterocycles. The quantitative estimate of drug-likeness (QED) is 0.0648. The van der Waals surface area contributed by atoms with Gasteiger partial charge < -0.3 is 34.6 Å². The second kappa shape index (κ2) is 30.2. The lowest BCUT2D eigenvalue weighted by Crippen LogP contribution is -2.29. The van der Waals surface area contributed by atoms with Gasteiger partial charge in [-0.15, -0.1) is 0 Å². The molecule has 39 heavy (non-hydrogen) atoms. The molecule has 0 bridgehead atoms. The highest BCUT2D eigenvalue weighted by atomic mass is 16.6. The molecule has 0 aromatic rings. The van der Waals surface area contributed by atoms with Gasteiger partial charge in [-0.05, 0) is 6.42 Å². The van der Waals surface area contributed by atoms with Gasteiger partial charge in [-0.1, -0.05) is 122 Å². The Labute approximate surface area is 238 Å². The summed E-state index contributed by atoms with van der Waals surface area (Å²) >= 11 is 0. The topological polar surface area (TPSA) is 126 Å². The van der Waals surface area contributed by atoms with Crippen LogP contribution in [-0.4, -0.2) is 84.3 Å². The third-order valence-corrected chi connectivity index (χ3v) is 6.87. The van der Waals surface area contributed by atoms with Crippen molar-refractivity contribution in [2.45, 2.75) is 154 Å². The van der Waals surface area contributed by atoms with E-state index in [-0.39, 0.29) is 39.0 Å². The van der Waals surface area contributed by atoms with Crippen LogP contribution in [0.5, 0.6) is 0 Å². The summed E-state index contributed by atoms with van der Waals surface area (Å²) in [5.41, 5.74) is 0. The third kappa shape index (κ3) is 30.0. The molecular weight excluding hydrogens is 500 g/mol. The number of rotatable bonds is 31. The number of carbonyl (C=O) groups is 1. The molecule has 0 amide bonds. The summed E-state index contributed by atoms with van der Waals surface area (Å²) in [6.45, 7) is 1.48. The van der Waals surface area contributed by atoms with E-state index in [1.165, 1.54) is 103 Å². The normalized spacial score (nSPS) is 13.9. The number of hydrogen-bond donors (Lipinski definition) is 4. The van der Waals surface area contributed by atoms with E-state index in [4.69, 9.17) is 24.4 Å². The number of hydrogen-bond acceptors (Lipinski definition) is 8. The van der Waals surface area contributed by atoms with Gasteiger partial charge in [-0.3, -0.25) is 4.79 Å². The number of ether oxygens (including phenoxy) is 3. The standard InChI is InChI=1S/C31H62O8/c1-2-3-4-5-6-7-8-9-10-11-12-13-14-15-16-17-18-19-20-21-31(36)39-27-30(35)26-38-25-29(34)24-37-23-28(33)22-32/h28-30,32-35H,2-27H2,1H3. The van der Waals surface area contributed by atoms with Crippen LogP contribution in [-0.2, 0) is 19.0 Å². The van der Waals surface area contributed by atoms with Gasteiger partial charge in [0.15, 0.2) is 0 Å². The third-order valence-electron chi connectivity index (χ3n) is 6.87. The molecular formula is C31H62O8. The van der Waals surface area contributed by atoms with Gasteiger partial charge in [0.2, 0.25) is 0 Å². The molecule has 8 nitrogen and oxygen atoms in total. The van der Waals surface area contributed by atoms with E-state index in [1.807, 2.05) is 0 Å². The lowest BCUT2D eigenvalue weighted by Gasteiger charge is -2.15. The average molecular weight is 563 g/mol. The SMILES string of the molecule is CCCCCCCCCCCCCCCCCCCCCC(=O)OCC(O)COCC(O)COCC(O)CO. The number of unbranched alkanes of at least 4 members (excludes halogenated alkanes) is 18. The van der Waals surface area contributed by atoms with Gasteiger partial charge in [0, 0.05) is 6.42 Å². The maximum absolute atomic E-state index is 11.8. The summed E-state index contributed by atoms with van der Waals surface area (Å²) in [5.74, 6) is -0.308. The summed E-state index contributed by atoms with van der Waals surface area (Å²) in [4.78, 5) is 11.8. The zero-order chi connectivity index (χ0) is 28.8. The first kappa shape index (κ1) is 38.2. The van der Waals surface area contributed by atoms with Crippen LogP contribution in [0.25, 0.3) is 0 Å². The van der Waals surface area contributed by atoms with E-state index in [0.29, 0.717) is 6.42 Å². The van der Waals surface area contributed by atoms with Crippen LogP contribution in [0.15, 0.2) is 0 Å². The van der Waals surface area contributed by atoms with E-state index < -0.39 is 24.9 Å². The molecule has 0 aromatic carbocycles. The van der Waals surface area contributed by atoms with Crippen molar-refractivity contribution in [3.63, 3.8) is 0 Å². The van der Waals surface area contributed by atoms with Crippen LogP contribution < -0.4 is 0 Å². The van der Waals surface area contributed by atoms with Crippen LogP contribution in [0.3, 0.4) is 0 Å². The van der Waals surface area contributed by atoms with Crippen molar-refractivity contribution in [2.24, 2.45) is 0 Å². The van der Waals surface area contributed by atoms with Crippen molar-refractivity contribution in [3.8, 4) is 0 Å². The van der Waals surface area contributed by atoms with Crippen LogP contribution in [0.1, 0.15) is 135 Å². The average Bonchev–Trinajstić information content (AvgIpc) is 2.93. The summed E-state index contributed by atoms with van der Waals surface area (Å²) in [6, 6.07) is 0. The van der Waals surface area contributed by atoms with Crippen molar-refractivity contribution in [2.75, 3.05) is 39.6 Å². The minimum Gasteiger partial charge on any atom is -0.463 e. The predicted octanol–water partition coefficient (Wildman–Crippen LogP) is 5.46. The minimum atomic E-state index is -0.978. The Balaban J connectivity index is 3.34. The largest absolute Gasteiger partial charge is 0.463 e. The van der Waals surface area contributed by atoms with Gasteiger partial charge in [0.25, 0.3) is 0 Å². The van der Waals surface area contributed by atoms with Gasteiger partial charge in [0.05, 0.1) is 33.0 Å². The van der Waals surface area contributed by atoms with Crippen molar-refractivity contribution in [3.05, 3.63) is 0 Å². The fourth-order valence-corrected chi connectivity index (χ4v) is 4.44. The zero-order valence-corrected chi connectivity index (χ0v) is 25.0. The molecule has 234 valence electrons. The van der Waals surface area contributed by atoms with Gasteiger partial charge in [-0.2, -0.15) is 0 Å².